The summed E-state index contributed by atoms with van der Waals surface area (Å²) in [5.41, 5.74) is 4.38. The Hall–Kier alpha value is -4.85. The Morgan fingerprint density at radius 1 is 0.886 bits per heavy atom. The number of nitro benzene ring substituents is 2. The van der Waals surface area contributed by atoms with E-state index in [0.717, 1.165) is 22.9 Å². The van der Waals surface area contributed by atoms with Gasteiger partial charge in [-0.25, -0.2) is 9.98 Å². The van der Waals surface area contributed by atoms with Gasteiger partial charge in [0.25, 0.3) is 17.3 Å². The number of aliphatic imine (C=N–C) groups is 1. The largest absolute Gasteiger partial charge is 0.283 e. The number of hydrogen-bond acceptors (Lipinski definition) is 10. The Kier molecular flexibility index (Phi) is 7.99. The van der Waals surface area contributed by atoms with Crippen molar-refractivity contribution in [3.8, 4) is 0 Å². The first-order valence-corrected chi connectivity index (χ1v) is 15.6. The lowest BCUT2D eigenvalue weighted by Crippen LogP contribution is -2.28. The molecule has 6 rings (SSSR count). The molecule has 0 spiro atoms. The minimum atomic E-state index is -0.477. The van der Waals surface area contributed by atoms with Gasteiger partial charge < -0.3 is 0 Å². The van der Waals surface area contributed by atoms with E-state index in [2.05, 4.69) is 4.98 Å². The van der Waals surface area contributed by atoms with E-state index in [0.29, 0.717) is 46.5 Å². The standard InChI is InChI=1S/C31H21N5O5S3/c1-18-3-8-21(9-4-18)32-30-34(22-10-5-19(2)6-11-22)29(37)28(42-30)16-20-7-14-26(25(15-20)36(40)41)43-31-33-24-13-12-23(35(38)39)17-27(24)44-31/h3-17H,1-2H3/b28-16-,32-30?. The highest BCUT2D eigenvalue weighted by molar-refractivity contribution is 8.19. The van der Waals surface area contributed by atoms with Crippen molar-refractivity contribution in [1.29, 1.82) is 0 Å². The number of nitrogens with zero attached hydrogens (tertiary/aromatic N) is 5. The molecule has 1 saturated heterocycles. The highest BCUT2D eigenvalue weighted by atomic mass is 32.2. The van der Waals surface area contributed by atoms with Crippen molar-refractivity contribution in [2.24, 2.45) is 4.99 Å². The quantitative estimate of drug-likeness (QED) is 0.0981. The monoisotopic (exact) mass is 639 g/mol. The highest BCUT2D eigenvalue weighted by Gasteiger charge is 2.35. The summed E-state index contributed by atoms with van der Waals surface area (Å²) in [5.74, 6) is -0.283. The van der Waals surface area contributed by atoms with E-state index in [9.17, 15) is 25.0 Å². The number of carbonyl (C=O) groups is 1. The molecule has 0 bridgehead atoms. The maximum atomic E-state index is 13.7. The van der Waals surface area contributed by atoms with Crippen LogP contribution in [0, 0.1) is 34.1 Å². The fraction of sp³-hybridized carbons (Fsp3) is 0.0645. The number of aryl methyl sites for hydroxylation is 2. The average molecular weight is 640 g/mol. The fourth-order valence-electron chi connectivity index (χ4n) is 4.35. The first-order valence-electron chi connectivity index (χ1n) is 13.1. The van der Waals surface area contributed by atoms with E-state index < -0.39 is 9.85 Å². The van der Waals surface area contributed by atoms with Gasteiger partial charge in [-0.3, -0.25) is 29.9 Å². The van der Waals surface area contributed by atoms with Gasteiger partial charge in [0.1, 0.15) is 0 Å². The summed E-state index contributed by atoms with van der Waals surface area (Å²) < 4.78 is 1.13. The van der Waals surface area contributed by atoms with Crippen LogP contribution in [0.3, 0.4) is 0 Å². The van der Waals surface area contributed by atoms with E-state index in [4.69, 9.17) is 4.99 Å². The van der Waals surface area contributed by atoms with Crippen molar-refractivity contribution >= 4 is 85.0 Å². The van der Waals surface area contributed by atoms with E-state index in [1.807, 2.05) is 62.4 Å². The molecule has 1 fully saturated rings. The van der Waals surface area contributed by atoms with Gasteiger partial charge >= 0.3 is 0 Å². The number of amides is 1. The molecule has 2 heterocycles. The van der Waals surface area contributed by atoms with Gasteiger partial charge in [-0.2, -0.15) is 0 Å². The highest BCUT2D eigenvalue weighted by Crippen LogP contribution is 2.41. The van der Waals surface area contributed by atoms with Crippen molar-refractivity contribution in [3.63, 3.8) is 0 Å². The van der Waals surface area contributed by atoms with Gasteiger partial charge in [-0.1, -0.05) is 53.2 Å². The van der Waals surface area contributed by atoms with Crippen LogP contribution < -0.4 is 4.90 Å². The van der Waals surface area contributed by atoms with E-state index in [1.165, 1.54) is 41.3 Å². The van der Waals surface area contributed by atoms with Crippen LogP contribution in [0.1, 0.15) is 16.7 Å². The third-order valence-corrected chi connectivity index (χ3v) is 9.71. The average Bonchev–Trinajstić information content (AvgIpc) is 3.54. The lowest BCUT2D eigenvalue weighted by atomic mass is 10.1. The minimum Gasteiger partial charge on any atom is -0.268 e. The number of fused-ring (bicyclic) bond motifs is 1. The lowest BCUT2D eigenvalue weighted by Gasteiger charge is -2.16. The third-order valence-electron chi connectivity index (χ3n) is 6.60. The zero-order valence-corrected chi connectivity index (χ0v) is 25.6. The predicted molar refractivity (Wildman–Crippen MR) is 176 cm³/mol. The molecule has 0 radical (unpaired) electrons. The Morgan fingerprint density at radius 2 is 1.59 bits per heavy atom. The normalized spacial score (nSPS) is 15.0. The molecule has 0 saturated carbocycles. The molecule has 1 amide bonds. The second kappa shape index (κ2) is 12.0. The van der Waals surface area contributed by atoms with Crippen molar-refractivity contribution in [1.82, 2.24) is 4.98 Å². The molecular formula is C31H21N5O5S3. The first kappa shape index (κ1) is 29.2. The molecule has 1 aliphatic heterocycles. The lowest BCUT2D eigenvalue weighted by molar-refractivity contribution is -0.387. The molecule has 44 heavy (non-hydrogen) atoms. The van der Waals surface area contributed by atoms with Crippen LogP contribution in [0.25, 0.3) is 16.3 Å². The van der Waals surface area contributed by atoms with Crippen LogP contribution in [0.5, 0.6) is 0 Å². The maximum Gasteiger partial charge on any atom is 0.283 e. The minimum absolute atomic E-state index is 0.0478. The number of nitro groups is 2. The van der Waals surface area contributed by atoms with Crippen molar-refractivity contribution < 1.29 is 14.6 Å². The number of thioether (sulfide) groups is 1. The Bertz CT molecular complexity index is 2020. The summed E-state index contributed by atoms with van der Waals surface area (Å²) in [5, 5.41) is 23.7. The van der Waals surface area contributed by atoms with Gasteiger partial charge in [0.05, 0.1) is 41.2 Å². The summed E-state index contributed by atoms with van der Waals surface area (Å²) >= 11 is 3.54. The Morgan fingerprint density at radius 3 is 2.27 bits per heavy atom. The molecule has 1 aromatic heterocycles. The predicted octanol–water partition coefficient (Wildman–Crippen LogP) is 8.69. The number of non-ortho nitro benzene ring substituents is 1. The van der Waals surface area contributed by atoms with Crippen LogP contribution in [0.2, 0.25) is 0 Å². The van der Waals surface area contributed by atoms with Gasteiger partial charge in [0.15, 0.2) is 9.51 Å². The SMILES string of the molecule is Cc1ccc(N=C2S/C(=C\c3ccc(Sc4nc5ccc([N+](=O)[O-])cc5s4)c([N+](=O)[O-])c3)C(=O)N2c2ccc(C)cc2)cc1. The molecule has 5 aromatic rings. The van der Waals surface area contributed by atoms with Gasteiger partial charge in [0, 0.05) is 18.2 Å². The van der Waals surface area contributed by atoms with E-state index in [1.54, 1.807) is 29.2 Å². The molecule has 0 atom stereocenters. The number of anilines is 1. The summed E-state index contributed by atoms with van der Waals surface area (Å²) in [4.78, 5) is 47.5. The molecule has 0 aliphatic carbocycles. The second-order valence-electron chi connectivity index (χ2n) is 9.79. The number of benzene rings is 4. The smallest absolute Gasteiger partial charge is 0.268 e. The number of aromatic nitrogens is 1. The Labute approximate surface area is 263 Å². The summed E-state index contributed by atoms with van der Waals surface area (Å²) in [7, 11) is 0. The zero-order chi connectivity index (χ0) is 31.0. The molecular weight excluding hydrogens is 619 g/mol. The number of hydrogen-bond donors (Lipinski definition) is 0. The molecule has 1 aliphatic rings. The molecule has 13 heteroatoms. The van der Waals surface area contributed by atoms with Crippen LogP contribution in [-0.2, 0) is 4.79 Å². The number of carbonyl (C=O) groups excluding carboxylic acids is 1. The van der Waals surface area contributed by atoms with Gasteiger partial charge in [-0.15, -0.1) is 11.3 Å². The van der Waals surface area contributed by atoms with Gasteiger partial charge in [-0.05, 0) is 73.6 Å². The third kappa shape index (κ3) is 6.11. The van der Waals surface area contributed by atoms with Crippen LogP contribution in [0.15, 0.2) is 104 Å². The first-order chi connectivity index (χ1) is 21.1. The Balaban J connectivity index is 1.33. The number of amidine groups is 1. The van der Waals surface area contributed by atoms with Crippen LogP contribution >= 0.6 is 34.9 Å². The molecule has 0 unspecified atom stereocenters. The van der Waals surface area contributed by atoms with Crippen molar-refractivity contribution in [2.75, 3.05) is 4.90 Å². The molecule has 0 N–H and O–H groups in total. The fourth-order valence-corrected chi connectivity index (χ4v) is 7.49. The van der Waals surface area contributed by atoms with E-state index in [-0.39, 0.29) is 17.3 Å². The molecule has 218 valence electrons. The topological polar surface area (TPSA) is 132 Å². The zero-order valence-electron chi connectivity index (χ0n) is 23.2. The van der Waals surface area contributed by atoms with Crippen LogP contribution in [-0.4, -0.2) is 25.9 Å². The van der Waals surface area contributed by atoms with Crippen LogP contribution in [0.4, 0.5) is 22.7 Å². The summed E-state index contributed by atoms with van der Waals surface area (Å²) in [6, 6.07) is 24.4. The summed E-state index contributed by atoms with van der Waals surface area (Å²) in [6.07, 6.45) is 1.63. The molecule has 10 nitrogen and oxygen atoms in total. The van der Waals surface area contributed by atoms with E-state index >= 15 is 0 Å². The number of rotatable bonds is 7. The number of thiazole rings is 1. The second-order valence-corrected chi connectivity index (χ2v) is 13.1. The van der Waals surface area contributed by atoms with Crippen molar-refractivity contribution in [3.05, 3.63) is 127 Å². The summed E-state index contributed by atoms with van der Waals surface area (Å²) in [6.45, 7) is 3.95. The van der Waals surface area contributed by atoms with Gasteiger partial charge in [0.2, 0.25) is 0 Å². The van der Waals surface area contributed by atoms with Crippen molar-refractivity contribution in [2.45, 2.75) is 23.1 Å². The maximum absolute atomic E-state index is 13.7. The molecule has 4 aromatic carbocycles.